The average Bonchev–Trinajstić information content (AvgIpc) is 3.79. The van der Waals surface area contributed by atoms with Crippen LogP contribution in [0, 0.1) is 13.8 Å². The van der Waals surface area contributed by atoms with E-state index in [0.717, 1.165) is 51.4 Å². The Hall–Kier alpha value is -6.82. The van der Waals surface area contributed by atoms with Crippen LogP contribution in [0.2, 0.25) is 0 Å². The first-order chi connectivity index (χ1) is 29.1. The van der Waals surface area contributed by atoms with Gasteiger partial charge in [-0.15, -0.1) is 0 Å². The Kier molecular flexibility index (Phi) is 9.03. The number of nitrogens with zero attached hydrogens (tertiary/aromatic N) is 4. The van der Waals surface area contributed by atoms with Crippen molar-refractivity contribution in [1.82, 2.24) is 18.8 Å². The maximum absolute atomic E-state index is 12.3. The number of aromatic hydroxyl groups is 6. The fourth-order valence-electron chi connectivity index (χ4n) is 9.87. The van der Waals surface area contributed by atoms with E-state index in [4.69, 9.17) is 9.97 Å². The van der Waals surface area contributed by atoms with Crippen molar-refractivity contribution in [2.24, 2.45) is 0 Å². The molecule has 2 aliphatic carbocycles. The number of phenols is 6. The second-order valence-electron chi connectivity index (χ2n) is 16.7. The summed E-state index contributed by atoms with van der Waals surface area (Å²) in [6, 6.07) is 18.1. The maximum Gasteiger partial charge on any atom is 0.167 e. The Morgan fingerprint density at radius 1 is 0.483 bits per heavy atom. The highest BCUT2D eigenvalue weighted by Gasteiger charge is 2.30. The summed E-state index contributed by atoms with van der Waals surface area (Å²) in [4.78, 5) is 9.91. The number of fused-ring (bicyclic) bond motifs is 4. The molecule has 2 saturated carbocycles. The highest BCUT2D eigenvalue weighted by atomic mass is 16.3. The maximum atomic E-state index is 12.3. The number of imidazole rings is 2. The lowest BCUT2D eigenvalue weighted by molar-refractivity contribution is 0.405. The lowest BCUT2D eigenvalue weighted by atomic mass is 9.86. The van der Waals surface area contributed by atoms with Crippen molar-refractivity contribution in [3.8, 4) is 68.1 Å². The fourth-order valence-corrected chi connectivity index (χ4v) is 9.87. The molecule has 0 aliphatic heterocycles. The Morgan fingerprint density at radius 3 is 1.28 bits per heavy atom. The zero-order chi connectivity index (χ0) is 41.4. The summed E-state index contributed by atoms with van der Waals surface area (Å²) < 4.78 is 3.89. The molecular formula is C48H48N6O6. The van der Waals surface area contributed by atoms with Crippen LogP contribution in [0.15, 0.2) is 73.1 Å². The van der Waals surface area contributed by atoms with Gasteiger partial charge in [0.05, 0.1) is 11.1 Å². The molecule has 2 fully saturated rings. The molecule has 0 bridgehead atoms. The van der Waals surface area contributed by atoms with E-state index in [2.05, 4.69) is 10.6 Å². The third-order valence-corrected chi connectivity index (χ3v) is 12.8. The monoisotopic (exact) mass is 804 g/mol. The Bertz CT molecular complexity index is 2810. The normalized spacial score (nSPS) is 15.4. The molecule has 0 spiro atoms. The van der Waals surface area contributed by atoms with Gasteiger partial charge in [0.15, 0.2) is 23.0 Å². The first-order valence-electron chi connectivity index (χ1n) is 21.0. The van der Waals surface area contributed by atoms with Crippen molar-refractivity contribution in [2.45, 2.75) is 90.1 Å². The molecule has 4 aromatic heterocycles. The number of aromatic nitrogens is 4. The molecule has 8 N–H and O–H groups in total. The van der Waals surface area contributed by atoms with Crippen LogP contribution >= 0.6 is 0 Å². The molecule has 0 saturated heterocycles. The Labute approximate surface area is 346 Å². The SMILES string of the molecule is Cc1cc2c(-c3nc4ccccn4c3NC3CCCCC3)c(O)c(O)cc2c(O)c1-c1c(C)cc2c(-c3nc4ccccn4c3NC3CCCCC3)c(O)c(O)cc2c1O. The number of benzene rings is 4. The van der Waals surface area contributed by atoms with Crippen LogP contribution in [0.1, 0.15) is 75.3 Å². The minimum Gasteiger partial charge on any atom is -0.507 e. The average molecular weight is 805 g/mol. The van der Waals surface area contributed by atoms with E-state index in [0.29, 0.717) is 67.3 Å². The van der Waals surface area contributed by atoms with Crippen molar-refractivity contribution in [3.05, 3.63) is 84.2 Å². The van der Waals surface area contributed by atoms with Crippen LogP contribution in [-0.2, 0) is 0 Å². The second-order valence-corrected chi connectivity index (χ2v) is 16.7. The van der Waals surface area contributed by atoms with Gasteiger partial charge in [-0.3, -0.25) is 8.80 Å². The number of nitrogens with one attached hydrogen (secondary N) is 2. The summed E-state index contributed by atoms with van der Waals surface area (Å²) in [5.74, 6) is -0.645. The molecule has 12 nitrogen and oxygen atoms in total. The zero-order valence-electron chi connectivity index (χ0n) is 33.6. The molecule has 60 heavy (non-hydrogen) atoms. The lowest BCUT2D eigenvalue weighted by Crippen LogP contribution is -2.23. The third-order valence-electron chi connectivity index (χ3n) is 12.8. The molecule has 8 aromatic rings. The predicted molar refractivity (Wildman–Crippen MR) is 236 cm³/mol. The van der Waals surface area contributed by atoms with Gasteiger partial charge in [0.25, 0.3) is 0 Å². The number of aryl methyl sites for hydroxylation is 2. The fraction of sp³-hybridized carbons (Fsp3) is 0.292. The molecule has 0 unspecified atom stereocenters. The van der Waals surface area contributed by atoms with E-state index in [9.17, 15) is 30.6 Å². The van der Waals surface area contributed by atoms with Gasteiger partial charge in [-0.2, -0.15) is 0 Å². The van der Waals surface area contributed by atoms with E-state index in [1.165, 1.54) is 25.0 Å². The van der Waals surface area contributed by atoms with Gasteiger partial charge in [-0.05, 0) is 110 Å². The molecule has 306 valence electrons. The van der Waals surface area contributed by atoms with E-state index in [1.54, 1.807) is 0 Å². The quantitative estimate of drug-likeness (QED) is 0.0723. The lowest BCUT2D eigenvalue weighted by Gasteiger charge is -2.25. The van der Waals surface area contributed by atoms with Crippen LogP contribution in [0.25, 0.3) is 66.5 Å². The molecular weight excluding hydrogens is 757 g/mol. The summed E-state index contributed by atoms with van der Waals surface area (Å²) in [7, 11) is 0. The van der Waals surface area contributed by atoms with E-state index in [1.807, 2.05) is 83.6 Å². The van der Waals surface area contributed by atoms with Crippen LogP contribution in [-0.4, -0.2) is 61.5 Å². The summed E-state index contributed by atoms with van der Waals surface area (Å²) >= 11 is 0. The highest BCUT2D eigenvalue weighted by molar-refractivity contribution is 6.12. The molecule has 2 aliphatic rings. The number of hydrogen-bond acceptors (Lipinski definition) is 10. The molecule has 4 heterocycles. The smallest absolute Gasteiger partial charge is 0.167 e. The van der Waals surface area contributed by atoms with Gasteiger partial charge in [-0.25, -0.2) is 9.97 Å². The minimum atomic E-state index is -0.433. The molecule has 4 aromatic carbocycles. The molecule has 0 atom stereocenters. The highest BCUT2D eigenvalue weighted by Crippen LogP contribution is 2.54. The number of rotatable bonds is 7. The second kappa shape index (κ2) is 14.5. The van der Waals surface area contributed by atoms with Gasteiger partial charge >= 0.3 is 0 Å². The van der Waals surface area contributed by atoms with E-state index in [-0.39, 0.29) is 57.0 Å². The van der Waals surface area contributed by atoms with Gasteiger partial charge < -0.3 is 41.3 Å². The van der Waals surface area contributed by atoms with E-state index >= 15 is 0 Å². The predicted octanol–water partition coefficient (Wildman–Crippen LogP) is 10.6. The van der Waals surface area contributed by atoms with Gasteiger partial charge in [0, 0.05) is 46.4 Å². The molecule has 0 amide bonds. The van der Waals surface area contributed by atoms with Gasteiger partial charge in [0.1, 0.15) is 45.8 Å². The first kappa shape index (κ1) is 37.5. The Morgan fingerprint density at radius 2 is 0.883 bits per heavy atom. The molecule has 10 rings (SSSR count). The van der Waals surface area contributed by atoms with Crippen LogP contribution in [0.3, 0.4) is 0 Å². The van der Waals surface area contributed by atoms with Crippen molar-refractivity contribution in [3.63, 3.8) is 0 Å². The minimum absolute atomic E-state index is 0.207. The molecule has 12 heteroatoms. The summed E-state index contributed by atoms with van der Waals surface area (Å²) in [6.45, 7) is 3.63. The number of anilines is 2. The number of hydrogen-bond donors (Lipinski definition) is 8. The van der Waals surface area contributed by atoms with Crippen molar-refractivity contribution < 1.29 is 30.6 Å². The Balaban J connectivity index is 1.16. The van der Waals surface area contributed by atoms with Crippen LogP contribution in [0.4, 0.5) is 11.6 Å². The number of pyridine rings is 2. The van der Waals surface area contributed by atoms with E-state index < -0.39 is 11.5 Å². The van der Waals surface area contributed by atoms with Crippen LogP contribution in [0.5, 0.6) is 34.5 Å². The van der Waals surface area contributed by atoms with Gasteiger partial charge in [0.2, 0.25) is 0 Å². The largest absolute Gasteiger partial charge is 0.507 e. The van der Waals surface area contributed by atoms with Crippen molar-refractivity contribution >= 4 is 44.5 Å². The summed E-state index contributed by atoms with van der Waals surface area (Å²) in [5.41, 5.74) is 4.52. The summed E-state index contributed by atoms with van der Waals surface area (Å²) in [6.07, 6.45) is 14.7. The van der Waals surface area contributed by atoms with Crippen LogP contribution < -0.4 is 10.6 Å². The summed E-state index contributed by atoms with van der Waals surface area (Å²) in [5, 5.41) is 79.2. The third kappa shape index (κ3) is 5.95. The number of phenolic OH excluding ortho intramolecular Hbond substituents is 6. The zero-order valence-corrected chi connectivity index (χ0v) is 33.6. The van der Waals surface area contributed by atoms with Crippen molar-refractivity contribution in [2.75, 3.05) is 10.6 Å². The topological polar surface area (TPSA) is 180 Å². The van der Waals surface area contributed by atoms with Gasteiger partial charge in [-0.1, -0.05) is 50.7 Å². The first-order valence-corrected chi connectivity index (χ1v) is 21.0. The standard InChI is InChI=1S/C48H48N6O6/c1-25-21-29-31(23-33(55)45(59)39(29)41-47(49-27-13-5-3-6-14-27)53-19-11-9-17-35(53)51-41)43(57)37(25)38-26(2)22-30-32(44(38)58)24-34(56)46(60)40(30)42-48(50-28-15-7-4-8-16-28)54-20-12-10-18-36(54)52-42/h9-12,17-24,27-28,49-50,55-60H,3-8,13-16H2,1-2H3. The molecule has 0 radical (unpaired) electrons. The van der Waals surface area contributed by atoms with Crippen molar-refractivity contribution in [1.29, 1.82) is 0 Å².